The Morgan fingerprint density at radius 1 is 1.38 bits per heavy atom. The van der Waals surface area contributed by atoms with Gasteiger partial charge in [-0.15, -0.1) is 12.4 Å². The molecule has 1 atom stereocenters. The summed E-state index contributed by atoms with van der Waals surface area (Å²) < 4.78 is 17.6. The summed E-state index contributed by atoms with van der Waals surface area (Å²) in [5, 5.41) is 4.06. The minimum atomic E-state index is -2.62. The van der Waals surface area contributed by atoms with Crippen LogP contribution in [0.1, 0.15) is 26.2 Å². The van der Waals surface area contributed by atoms with Crippen molar-refractivity contribution in [1.82, 2.24) is 4.90 Å². The van der Waals surface area contributed by atoms with Gasteiger partial charge < -0.3 is 4.90 Å². The van der Waals surface area contributed by atoms with E-state index < -0.39 is 10.9 Å². The highest BCUT2D eigenvalue weighted by molar-refractivity contribution is 7.69. The fourth-order valence-corrected chi connectivity index (χ4v) is 1.24. The molecule has 1 saturated heterocycles. The summed E-state index contributed by atoms with van der Waals surface area (Å²) in [4.78, 5) is 2.43. The second-order valence-corrected chi connectivity index (χ2v) is 3.68. The molecule has 13 heavy (non-hydrogen) atoms. The van der Waals surface area contributed by atoms with Crippen LogP contribution in [0.2, 0.25) is 0 Å². The first kappa shape index (κ1) is 15.6. The van der Waals surface area contributed by atoms with E-state index in [0.717, 1.165) is 6.04 Å². The summed E-state index contributed by atoms with van der Waals surface area (Å²) >= 11 is 0. The molecule has 1 fully saturated rings. The summed E-state index contributed by atoms with van der Waals surface area (Å²) in [6.07, 6.45) is 4.24. The van der Waals surface area contributed by atoms with Crippen molar-refractivity contribution in [3.63, 3.8) is 0 Å². The van der Waals surface area contributed by atoms with Gasteiger partial charge in [-0.3, -0.25) is 0 Å². The van der Waals surface area contributed by atoms with Gasteiger partial charge in [-0.25, -0.2) is 13.6 Å². The predicted molar refractivity (Wildman–Crippen MR) is 57.7 cm³/mol. The third kappa shape index (κ3) is 10.1. The highest BCUT2D eigenvalue weighted by Crippen LogP contribution is 2.13. The molecule has 1 rings (SSSR count). The average molecular weight is 231 g/mol. The second-order valence-electron chi connectivity index (χ2n) is 3.11. The van der Waals surface area contributed by atoms with Crippen molar-refractivity contribution >= 4 is 23.3 Å². The van der Waals surface area contributed by atoms with E-state index in [0.29, 0.717) is 0 Å². The van der Waals surface area contributed by atoms with E-state index >= 15 is 0 Å². The minimum Gasteiger partial charge on any atom is -0.304 e. The molecule has 1 heterocycles. The van der Waals surface area contributed by atoms with Gasteiger partial charge in [0.15, 0.2) is 10.9 Å². The van der Waals surface area contributed by atoms with Gasteiger partial charge in [-0.1, -0.05) is 6.42 Å². The molecule has 1 aliphatic rings. The van der Waals surface area contributed by atoms with Gasteiger partial charge in [0.2, 0.25) is 0 Å². The molecule has 0 aromatic rings. The molecule has 0 aromatic heterocycles. The van der Waals surface area contributed by atoms with Crippen molar-refractivity contribution in [3.8, 4) is 0 Å². The molecule has 6 heteroatoms. The van der Waals surface area contributed by atoms with E-state index in [1.54, 1.807) is 0 Å². The lowest BCUT2D eigenvalue weighted by molar-refractivity contribution is 0.200. The van der Waals surface area contributed by atoms with Crippen LogP contribution in [0.25, 0.3) is 0 Å². The Morgan fingerprint density at radius 2 is 1.85 bits per heavy atom. The molecule has 1 unspecified atom stereocenters. The number of halogens is 1. The van der Waals surface area contributed by atoms with Gasteiger partial charge in [0.1, 0.15) is 0 Å². The molecule has 4 nitrogen and oxygen atoms in total. The van der Waals surface area contributed by atoms with Crippen LogP contribution in [0.5, 0.6) is 0 Å². The smallest absolute Gasteiger partial charge is 0.198 e. The molecule has 0 aliphatic carbocycles. The Hall–Kier alpha value is 0.160. The van der Waals surface area contributed by atoms with Crippen LogP contribution < -0.4 is 5.14 Å². The first-order chi connectivity index (χ1) is 5.54. The summed E-state index contributed by atoms with van der Waals surface area (Å²) in [6.45, 7) is 3.61. The molecule has 0 saturated carbocycles. The summed E-state index contributed by atoms with van der Waals surface area (Å²) in [5.41, 5.74) is 0. The van der Waals surface area contributed by atoms with Crippen LogP contribution in [0, 0.1) is 0 Å². The van der Waals surface area contributed by atoms with Crippen LogP contribution in [0.15, 0.2) is 0 Å². The van der Waals surface area contributed by atoms with Crippen LogP contribution in [0.4, 0.5) is 0 Å². The number of hydrogen-bond acceptors (Lipinski definition) is 3. The highest BCUT2D eigenvalue weighted by atomic mass is 35.5. The van der Waals surface area contributed by atoms with E-state index in [2.05, 4.69) is 24.0 Å². The molecule has 0 spiro atoms. The molecule has 2 N–H and O–H groups in total. The first-order valence-corrected chi connectivity index (χ1v) is 5.38. The standard InChI is InChI=1S/C7H15N.ClH.H3NO2S/c1-7-5-3-4-6-8(7)2;;1-4(2)3/h7H,3-6H2,1-2H3;1H;4H,(H2,1,2,3). The van der Waals surface area contributed by atoms with E-state index in [1.807, 2.05) is 0 Å². The molecular weight excluding hydrogens is 212 g/mol. The maximum Gasteiger partial charge on any atom is 0.198 e. The predicted octanol–water partition coefficient (Wildman–Crippen LogP) is 0.384. The largest absolute Gasteiger partial charge is 0.304 e. The molecular formula is C7H19ClN2O2S. The van der Waals surface area contributed by atoms with Crippen LogP contribution in [0.3, 0.4) is 0 Å². The average Bonchev–Trinajstić information content (AvgIpc) is 1.94. The van der Waals surface area contributed by atoms with Crippen LogP contribution in [-0.4, -0.2) is 33.0 Å². The molecule has 0 amide bonds. The van der Waals surface area contributed by atoms with E-state index in [-0.39, 0.29) is 12.4 Å². The molecule has 82 valence electrons. The number of piperidine rings is 1. The lowest BCUT2D eigenvalue weighted by atomic mass is 10.1. The van der Waals surface area contributed by atoms with Crippen molar-refractivity contribution in [2.24, 2.45) is 5.14 Å². The van der Waals surface area contributed by atoms with Gasteiger partial charge in [0.05, 0.1) is 0 Å². The van der Waals surface area contributed by atoms with Crippen molar-refractivity contribution < 1.29 is 8.42 Å². The maximum absolute atomic E-state index is 8.81. The molecule has 0 radical (unpaired) electrons. The lowest BCUT2D eigenvalue weighted by Gasteiger charge is -2.29. The number of rotatable bonds is 0. The summed E-state index contributed by atoms with van der Waals surface area (Å²) in [6, 6.07) is 0.837. The zero-order valence-electron chi connectivity index (χ0n) is 8.10. The Labute approximate surface area is 88.0 Å². The monoisotopic (exact) mass is 230 g/mol. The Kier molecular flexibility index (Phi) is 10.5. The van der Waals surface area contributed by atoms with Gasteiger partial charge in [0, 0.05) is 6.04 Å². The van der Waals surface area contributed by atoms with E-state index in [9.17, 15) is 0 Å². The van der Waals surface area contributed by atoms with Gasteiger partial charge in [0.25, 0.3) is 0 Å². The Morgan fingerprint density at radius 3 is 2.08 bits per heavy atom. The third-order valence-electron chi connectivity index (χ3n) is 2.14. The fourth-order valence-electron chi connectivity index (χ4n) is 1.24. The quantitative estimate of drug-likeness (QED) is 0.592. The zero-order chi connectivity index (χ0) is 9.56. The number of nitrogens with zero attached hydrogens (tertiary/aromatic N) is 1. The van der Waals surface area contributed by atoms with Gasteiger partial charge in [-0.05, 0) is 33.4 Å². The summed E-state index contributed by atoms with van der Waals surface area (Å²) in [7, 11) is -0.408. The van der Waals surface area contributed by atoms with Crippen molar-refractivity contribution in [1.29, 1.82) is 0 Å². The molecule has 0 bridgehead atoms. The maximum atomic E-state index is 8.81. The van der Waals surface area contributed by atoms with Crippen LogP contribution >= 0.6 is 12.4 Å². The number of thiol groups is 1. The van der Waals surface area contributed by atoms with E-state index in [4.69, 9.17) is 8.42 Å². The van der Waals surface area contributed by atoms with Gasteiger partial charge >= 0.3 is 0 Å². The van der Waals surface area contributed by atoms with Gasteiger partial charge in [-0.2, -0.15) is 0 Å². The molecule has 0 aromatic carbocycles. The van der Waals surface area contributed by atoms with Crippen molar-refractivity contribution in [2.75, 3.05) is 13.6 Å². The van der Waals surface area contributed by atoms with Crippen molar-refractivity contribution in [3.05, 3.63) is 0 Å². The number of nitrogens with two attached hydrogens (primary N) is 1. The lowest BCUT2D eigenvalue weighted by Crippen LogP contribution is -2.33. The zero-order valence-corrected chi connectivity index (χ0v) is 9.81. The Balaban J connectivity index is 0. The number of likely N-dealkylation sites (tertiary alicyclic amines) is 1. The fraction of sp³-hybridized carbons (Fsp3) is 1.00. The SMILES string of the molecule is CC1CCCCN1C.Cl.N[SH](=O)=O. The minimum absolute atomic E-state index is 0. The third-order valence-corrected chi connectivity index (χ3v) is 2.14. The highest BCUT2D eigenvalue weighted by Gasteiger charge is 2.12. The first-order valence-electron chi connectivity index (χ1n) is 4.13. The second kappa shape index (κ2) is 8.74. The number of hydrogen-bond donors (Lipinski definition) is 2. The summed E-state index contributed by atoms with van der Waals surface area (Å²) in [5.74, 6) is 0. The normalized spacial score (nSPS) is 22.9. The van der Waals surface area contributed by atoms with Crippen LogP contribution in [-0.2, 0) is 10.9 Å². The van der Waals surface area contributed by atoms with E-state index in [1.165, 1.54) is 25.8 Å². The topological polar surface area (TPSA) is 63.4 Å². The Bertz CT molecular complexity index is 169. The van der Waals surface area contributed by atoms with Crippen molar-refractivity contribution in [2.45, 2.75) is 32.2 Å². The molecule has 1 aliphatic heterocycles.